The van der Waals surface area contributed by atoms with E-state index in [9.17, 15) is 13.6 Å². The zero-order valence-corrected chi connectivity index (χ0v) is 10.1. The summed E-state index contributed by atoms with van der Waals surface area (Å²) in [5.74, 6) is -1.68. The number of carbonyl (C=O) groups excluding carboxylic acids is 1. The number of amides is 1. The molecule has 19 heavy (non-hydrogen) atoms. The summed E-state index contributed by atoms with van der Waals surface area (Å²) >= 11 is 0. The van der Waals surface area contributed by atoms with Gasteiger partial charge in [-0.25, -0.2) is 8.78 Å². The molecule has 100 valence electrons. The first kappa shape index (κ1) is 13.2. The summed E-state index contributed by atoms with van der Waals surface area (Å²) in [6.45, 7) is 0.234. The standard InChI is InChI=1S/C13H11F2NO3/c1-18-7-9-3-5-12(19-9)13(17)16-11-4-2-8(14)6-10(11)15/h2-6H,7H2,1H3,(H,16,17). The Kier molecular flexibility index (Phi) is 3.91. The van der Waals surface area contributed by atoms with E-state index < -0.39 is 17.5 Å². The molecule has 1 N–H and O–H groups in total. The molecule has 6 heteroatoms. The van der Waals surface area contributed by atoms with Crippen LogP contribution in [0.25, 0.3) is 0 Å². The molecule has 1 amide bonds. The smallest absolute Gasteiger partial charge is 0.291 e. The maximum absolute atomic E-state index is 13.3. The van der Waals surface area contributed by atoms with Gasteiger partial charge < -0.3 is 14.5 Å². The molecule has 0 saturated carbocycles. The number of ether oxygens (including phenoxy) is 1. The van der Waals surface area contributed by atoms with Crippen LogP contribution in [0.3, 0.4) is 0 Å². The van der Waals surface area contributed by atoms with Crippen molar-refractivity contribution in [1.82, 2.24) is 0 Å². The number of nitrogens with one attached hydrogen (secondary N) is 1. The fraction of sp³-hybridized carbons (Fsp3) is 0.154. The van der Waals surface area contributed by atoms with Crippen LogP contribution in [-0.2, 0) is 11.3 Å². The Morgan fingerprint density at radius 1 is 1.32 bits per heavy atom. The third-order valence-electron chi connectivity index (χ3n) is 2.35. The minimum absolute atomic E-state index is 0.0239. The molecule has 0 radical (unpaired) electrons. The number of anilines is 1. The number of benzene rings is 1. The molecule has 2 rings (SSSR count). The highest BCUT2D eigenvalue weighted by atomic mass is 19.1. The lowest BCUT2D eigenvalue weighted by Crippen LogP contribution is -2.12. The van der Waals surface area contributed by atoms with Crippen LogP contribution < -0.4 is 5.32 Å². The van der Waals surface area contributed by atoms with E-state index in [1.807, 2.05) is 0 Å². The lowest BCUT2D eigenvalue weighted by molar-refractivity contribution is 0.0987. The van der Waals surface area contributed by atoms with Crippen LogP contribution in [0.1, 0.15) is 16.3 Å². The maximum atomic E-state index is 13.3. The molecule has 0 saturated heterocycles. The van der Waals surface area contributed by atoms with Gasteiger partial charge in [-0.1, -0.05) is 0 Å². The van der Waals surface area contributed by atoms with E-state index in [0.717, 1.165) is 12.1 Å². The fourth-order valence-corrected chi connectivity index (χ4v) is 1.49. The molecular formula is C13H11F2NO3. The Morgan fingerprint density at radius 3 is 2.79 bits per heavy atom. The first-order chi connectivity index (χ1) is 9.10. The molecule has 0 fully saturated rings. The zero-order valence-electron chi connectivity index (χ0n) is 10.1. The lowest BCUT2D eigenvalue weighted by atomic mass is 10.3. The second-order valence-corrected chi connectivity index (χ2v) is 3.78. The third-order valence-corrected chi connectivity index (χ3v) is 2.35. The van der Waals surface area contributed by atoms with E-state index in [2.05, 4.69) is 5.32 Å². The zero-order chi connectivity index (χ0) is 13.8. The van der Waals surface area contributed by atoms with Gasteiger partial charge in [0.25, 0.3) is 5.91 Å². The van der Waals surface area contributed by atoms with Crippen LogP contribution in [-0.4, -0.2) is 13.0 Å². The largest absolute Gasteiger partial charge is 0.453 e. The number of rotatable bonds is 4. The van der Waals surface area contributed by atoms with Crippen molar-refractivity contribution in [2.45, 2.75) is 6.61 Å². The Labute approximate surface area is 108 Å². The number of methoxy groups -OCH3 is 1. The highest BCUT2D eigenvalue weighted by Gasteiger charge is 2.13. The Bertz CT molecular complexity index is 595. The summed E-state index contributed by atoms with van der Waals surface area (Å²) in [6, 6.07) is 5.91. The summed E-state index contributed by atoms with van der Waals surface area (Å²) < 4.78 is 36.1. The van der Waals surface area contributed by atoms with E-state index in [-0.39, 0.29) is 18.1 Å². The van der Waals surface area contributed by atoms with Gasteiger partial charge in [0.15, 0.2) is 5.76 Å². The minimum atomic E-state index is -0.850. The van der Waals surface area contributed by atoms with Crippen molar-refractivity contribution in [2.75, 3.05) is 12.4 Å². The van der Waals surface area contributed by atoms with Gasteiger partial charge in [-0.15, -0.1) is 0 Å². The molecule has 0 unspecified atom stereocenters. The van der Waals surface area contributed by atoms with Crippen molar-refractivity contribution in [3.05, 3.63) is 53.5 Å². The van der Waals surface area contributed by atoms with Crippen LogP contribution in [0, 0.1) is 11.6 Å². The normalized spacial score (nSPS) is 10.5. The van der Waals surface area contributed by atoms with Crippen LogP contribution in [0.15, 0.2) is 34.7 Å². The van der Waals surface area contributed by atoms with Gasteiger partial charge in [0.2, 0.25) is 0 Å². The highest BCUT2D eigenvalue weighted by Crippen LogP contribution is 2.17. The van der Waals surface area contributed by atoms with Gasteiger partial charge in [0.1, 0.15) is 24.0 Å². The highest BCUT2D eigenvalue weighted by molar-refractivity contribution is 6.02. The fourth-order valence-electron chi connectivity index (χ4n) is 1.49. The molecule has 1 aromatic heterocycles. The second kappa shape index (κ2) is 5.62. The average Bonchev–Trinajstić information content (AvgIpc) is 2.82. The molecule has 0 bridgehead atoms. The number of furan rings is 1. The molecule has 1 heterocycles. The van der Waals surface area contributed by atoms with Gasteiger partial charge in [0, 0.05) is 13.2 Å². The summed E-state index contributed by atoms with van der Waals surface area (Å²) in [4.78, 5) is 11.8. The summed E-state index contributed by atoms with van der Waals surface area (Å²) in [7, 11) is 1.50. The summed E-state index contributed by atoms with van der Waals surface area (Å²) in [5.41, 5.74) is -0.115. The van der Waals surface area contributed by atoms with Crippen molar-refractivity contribution in [3.8, 4) is 0 Å². The van der Waals surface area contributed by atoms with Gasteiger partial charge in [0.05, 0.1) is 5.69 Å². The topological polar surface area (TPSA) is 51.5 Å². The molecular weight excluding hydrogens is 256 g/mol. The van der Waals surface area contributed by atoms with Crippen LogP contribution >= 0.6 is 0 Å². The molecule has 1 aromatic carbocycles. The third kappa shape index (κ3) is 3.17. The quantitative estimate of drug-likeness (QED) is 0.926. The van der Waals surface area contributed by atoms with Crippen LogP contribution in [0.4, 0.5) is 14.5 Å². The molecule has 4 nitrogen and oxygen atoms in total. The molecule has 0 aliphatic heterocycles. The summed E-state index contributed by atoms with van der Waals surface area (Å²) in [5, 5.41) is 2.29. The first-order valence-electron chi connectivity index (χ1n) is 5.44. The van der Waals surface area contributed by atoms with E-state index in [1.54, 1.807) is 6.07 Å². The number of hydrogen-bond acceptors (Lipinski definition) is 3. The van der Waals surface area contributed by atoms with Crippen LogP contribution in [0.2, 0.25) is 0 Å². The first-order valence-corrected chi connectivity index (χ1v) is 5.44. The van der Waals surface area contributed by atoms with E-state index in [1.165, 1.54) is 13.2 Å². The number of halogens is 2. The van der Waals surface area contributed by atoms with E-state index in [0.29, 0.717) is 11.8 Å². The molecule has 0 atom stereocenters. The molecule has 0 spiro atoms. The molecule has 0 aliphatic carbocycles. The Hall–Kier alpha value is -2.21. The van der Waals surface area contributed by atoms with E-state index >= 15 is 0 Å². The van der Waals surface area contributed by atoms with Crippen LogP contribution in [0.5, 0.6) is 0 Å². The second-order valence-electron chi connectivity index (χ2n) is 3.78. The van der Waals surface area contributed by atoms with Gasteiger partial charge in [-0.3, -0.25) is 4.79 Å². The predicted octanol–water partition coefficient (Wildman–Crippen LogP) is 2.96. The Balaban J connectivity index is 2.11. The Morgan fingerprint density at radius 2 is 2.11 bits per heavy atom. The van der Waals surface area contributed by atoms with Crippen molar-refractivity contribution in [2.24, 2.45) is 0 Å². The maximum Gasteiger partial charge on any atom is 0.291 e. The summed E-state index contributed by atoms with van der Waals surface area (Å²) in [6.07, 6.45) is 0. The minimum Gasteiger partial charge on any atom is -0.453 e. The van der Waals surface area contributed by atoms with Crippen molar-refractivity contribution in [1.29, 1.82) is 0 Å². The number of carbonyl (C=O) groups is 1. The SMILES string of the molecule is COCc1ccc(C(=O)Nc2ccc(F)cc2F)o1. The molecule has 0 aliphatic rings. The monoisotopic (exact) mass is 267 g/mol. The van der Waals surface area contributed by atoms with Gasteiger partial charge >= 0.3 is 0 Å². The van der Waals surface area contributed by atoms with E-state index in [4.69, 9.17) is 9.15 Å². The van der Waals surface area contributed by atoms with Gasteiger partial charge in [-0.2, -0.15) is 0 Å². The van der Waals surface area contributed by atoms with Crippen molar-refractivity contribution in [3.63, 3.8) is 0 Å². The predicted molar refractivity (Wildman–Crippen MR) is 63.7 cm³/mol. The van der Waals surface area contributed by atoms with Crippen molar-refractivity contribution >= 4 is 11.6 Å². The van der Waals surface area contributed by atoms with Crippen molar-refractivity contribution < 1.29 is 22.7 Å². The average molecular weight is 267 g/mol. The lowest BCUT2D eigenvalue weighted by Gasteiger charge is -2.04. The van der Waals surface area contributed by atoms with Gasteiger partial charge in [-0.05, 0) is 24.3 Å². The molecule has 2 aromatic rings. The number of hydrogen-bond donors (Lipinski definition) is 1.